The summed E-state index contributed by atoms with van der Waals surface area (Å²) < 4.78 is 5.00. The van der Waals surface area contributed by atoms with E-state index in [0.29, 0.717) is 17.5 Å². The van der Waals surface area contributed by atoms with Gasteiger partial charge >= 0.3 is 0 Å². The standard InChI is InChI=1S/C63H40N4S/c1-5-17-41(18-6-1)45-33-36-56-55(38-45)52-35-31-46(42-19-7-2-8-20-42)39-58(52)67(56)57-40-49(32-34-50(57)43-21-9-3-10-22-43)63-65-61(44-23-11-4-12-24-44)64-62(66-63)48-26-15-25-47(37-48)51-28-16-29-54-53-27-13-14-30-59(53)68-60(51)54/h1-40H. The number of rotatable bonds is 8. The molecular weight excluding hydrogens is 845 g/mol. The van der Waals surface area contributed by atoms with E-state index in [2.05, 4.69) is 229 Å². The first-order chi connectivity index (χ1) is 33.7. The predicted octanol–water partition coefficient (Wildman–Crippen LogP) is 17.0. The van der Waals surface area contributed by atoms with Crippen LogP contribution in [0.4, 0.5) is 0 Å². The van der Waals surface area contributed by atoms with Crippen LogP contribution >= 0.6 is 11.3 Å². The van der Waals surface area contributed by atoms with E-state index >= 15 is 0 Å². The lowest BCUT2D eigenvalue weighted by Gasteiger charge is -2.17. The van der Waals surface area contributed by atoms with Gasteiger partial charge in [0.15, 0.2) is 17.5 Å². The van der Waals surface area contributed by atoms with Crippen molar-refractivity contribution in [1.29, 1.82) is 0 Å². The molecule has 0 saturated carbocycles. The summed E-state index contributed by atoms with van der Waals surface area (Å²) in [7, 11) is 0. The molecule has 0 amide bonds. The Balaban J connectivity index is 1.03. The quantitative estimate of drug-likeness (QED) is 0.153. The van der Waals surface area contributed by atoms with Crippen LogP contribution in [0.1, 0.15) is 0 Å². The summed E-state index contributed by atoms with van der Waals surface area (Å²) in [5, 5.41) is 4.92. The molecule has 0 N–H and O–H groups in total. The fourth-order valence-electron chi connectivity index (χ4n) is 9.77. The van der Waals surface area contributed by atoms with Gasteiger partial charge in [0, 0.05) is 53.2 Å². The number of hydrogen-bond donors (Lipinski definition) is 0. The van der Waals surface area contributed by atoms with E-state index in [1.807, 2.05) is 29.5 Å². The molecule has 0 atom stereocenters. The molecule has 68 heavy (non-hydrogen) atoms. The molecule has 10 aromatic carbocycles. The van der Waals surface area contributed by atoms with Crippen LogP contribution < -0.4 is 0 Å². The lowest BCUT2D eigenvalue weighted by atomic mass is 10.00. The molecule has 3 heterocycles. The van der Waals surface area contributed by atoms with Crippen molar-refractivity contribution in [3.63, 3.8) is 0 Å². The normalized spacial score (nSPS) is 11.5. The summed E-state index contributed by atoms with van der Waals surface area (Å²) in [6.07, 6.45) is 0. The van der Waals surface area contributed by atoms with Crippen molar-refractivity contribution in [1.82, 2.24) is 19.5 Å². The second-order valence-corrected chi connectivity index (χ2v) is 18.2. The minimum atomic E-state index is 0.601. The summed E-state index contributed by atoms with van der Waals surface area (Å²) >= 11 is 1.84. The van der Waals surface area contributed by atoms with Gasteiger partial charge in [0.2, 0.25) is 0 Å². The van der Waals surface area contributed by atoms with Crippen molar-refractivity contribution < 1.29 is 0 Å². The summed E-state index contributed by atoms with van der Waals surface area (Å²) in [4.78, 5) is 15.8. The smallest absolute Gasteiger partial charge is 0.164 e. The van der Waals surface area contributed by atoms with E-state index in [9.17, 15) is 0 Å². The molecule has 0 bridgehead atoms. The summed E-state index contributed by atoms with van der Waals surface area (Å²) in [5.41, 5.74) is 15.2. The van der Waals surface area contributed by atoms with Crippen LogP contribution in [0.3, 0.4) is 0 Å². The molecule has 4 nitrogen and oxygen atoms in total. The maximum atomic E-state index is 5.35. The van der Waals surface area contributed by atoms with Crippen LogP contribution in [0, 0.1) is 0 Å². The molecule has 3 aromatic heterocycles. The van der Waals surface area contributed by atoms with E-state index in [1.165, 1.54) is 53.2 Å². The van der Waals surface area contributed by atoms with Gasteiger partial charge in [-0.05, 0) is 75.3 Å². The molecule has 13 aromatic rings. The van der Waals surface area contributed by atoms with Crippen molar-refractivity contribution in [2.24, 2.45) is 0 Å². The average Bonchev–Trinajstić information content (AvgIpc) is 3.97. The second-order valence-electron chi connectivity index (χ2n) is 17.2. The topological polar surface area (TPSA) is 43.6 Å². The Kier molecular flexibility index (Phi) is 9.66. The van der Waals surface area contributed by atoms with Crippen LogP contribution in [-0.2, 0) is 0 Å². The molecule has 0 fully saturated rings. The zero-order chi connectivity index (χ0) is 45.0. The number of thiophene rings is 1. The molecule has 318 valence electrons. The molecule has 0 spiro atoms. The van der Waals surface area contributed by atoms with Gasteiger partial charge in [-0.1, -0.05) is 206 Å². The van der Waals surface area contributed by atoms with Crippen molar-refractivity contribution >= 4 is 53.3 Å². The van der Waals surface area contributed by atoms with Gasteiger partial charge < -0.3 is 4.57 Å². The summed E-state index contributed by atoms with van der Waals surface area (Å²) in [6, 6.07) is 86.5. The highest BCUT2D eigenvalue weighted by Crippen LogP contribution is 2.43. The molecule has 0 saturated heterocycles. The Morgan fingerprint density at radius 3 is 1.53 bits per heavy atom. The van der Waals surface area contributed by atoms with Crippen LogP contribution in [0.15, 0.2) is 243 Å². The number of aromatic nitrogens is 4. The van der Waals surface area contributed by atoms with Gasteiger partial charge in [-0.2, -0.15) is 0 Å². The van der Waals surface area contributed by atoms with Crippen molar-refractivity contribution in [2.45, 2.75) is 0 Å². The van der Waals surface area contributed by atoms with Gasteiger partial charge in [-0.15, -0.1) is 11.3 Å². The van der Waals surface area contributed by atoms with Crippen LogP contribution in [0.2, 0.25) is 0 Å². The lowest BCUT2D eigenvalue weighted by Crippen LogP contribution is -2.02. The first kappa shape index (κ1) is 39.6. The monoisotopic (exact) mass is 884 g/mol. The fraction of sp³-hybridized carbons (Fsp3) is 0. The third kappa shape index (κ3) is 6.96. The third-order valence-electron chi connectivity index (χ3n) is 13.1. The zero-order valence-electron chi connectivity index (χ0n) is 36.8. The minimum Gasteiger partial charge on any atom is -0.309 e. The Morgan fingerprint density at radius 1 is 0.279 bits per heavy atom. The Labute approximate surface area is 397 Å². The molecule has 13 rings (SSSR count). The molecule has 0 aliphatic heterocycles. The van der Waals surface area contributed by atoms with Gasteiger partial charge in [-0.25, -0.2) is 15.0 Å². The van der Waals surface area contributed by atoms with Crippen molar-refractivity contribution in [3.05, 3.63) is 243 Å². The maximum Gasteiger partial charge on any atom is 0.164 e. The predicted molar refractivity (Wildman–Crippen MR) is 285 cm³/mol. The van der Waals surface area contributed by atoms with E-state index in [0.717, 1.165) is 55.7 Å². The highest BCUT2D eigenvalue weighted by molar-refractivity contribution is 7.26. The van der Waals surface area contributed by atoms with Gasteiger partial charge in [0.05, 0.1) is 16.7 Å². The highest BCUT2D eigenvalue weighted by Gasteiger charge is 2.21. The van der Waals surface area contributed by atoms with Crippen LogP contribution in [0.25, 0.3) is 126 Å². The molecule has 0 unspecified atom stereocenters. The van der Waals surface area contributed by atoms with E-state index in [4.69, 9.17) is 15.0 Å². The SMILES string of the molecule is c1ccc(-c2ccc3c(c2)c2ccc(-c4ccccc4)cc2n3-c2cc(-c3nc(-c4ccccc4)nc(-c4cccc(-c5cccc6c5sc5ccccc56)c4)n3)ccc2-c2ccccc2)cc1. The molecule has 0 aliphatic carbocycles. The van der Waals surface area contributed by atoms with Crippen molar-refractivity contribution in [2.75, 3.05) is 0 Å². The number of hydrogen-bond acceptors (Lipinski definition) is 4. The number of nitrogens with zero attached hydrogens (tertiary/aromatic N) is 4. The molecule has 5 heteroatoms. The first-order valence-electron chi connectivity index (χ1n) is 22.9. The van der Waals surface area contributed by atoms with Crippen LogP contribution in [0.5, 0.6) is 0 Å². The van der Waals surface area contributed by atoms with E-state index in [1.54, 1.807) is 0 Å². The number of fused-ring (bicyclic) bond motifs is 6. The second kappa shape index (κ2) is 16.6. The van der Waals surface area contributed by atoms with Crippen molar-refractivity contribution in [3.8, 4) is 84.4 Å². The number of benzene rings is 10. The van der Waals surface area contributed by atoms with Gasteiger partial charge in [-0.3, -0.25) is 0 Å². The fourth-order valence-corrected chi connectivity index (χ4v) is 11.0. The molecule has 0 aliphatic rings. The van der Waals surface area contributed by atoms with E-state index < -0.39 is 0 Å². The zero-order valence-corrected chi connectivity index (χ0v) is 37.6. The molecule has 0 radical (unpaired) electrons. The summed E-state index contributed by atoms with van der Waals surface area (Å²) in [6.45, 7) is 0. The third-order valence-corrected chi connectivity index (χ3v) is 14.3. The minimum absolute atomic E-state index is 0.601. The molecular formula is C63H40N4S. The summed E-state index contributed by atoms with van der Waals surface area (Å²) in [5.74, 6) is 1.84. The van der Waals surface area contributed by atoms with Crippen LogP contribution in [-0.4, -0.2) is 19.5 Å². The highest BCUT2D eigenvalue weighted by atomic mass is 32.1. The maximum absolute atomic E-state index is 5.35. The van der Waals surface area contributed by atoms with E-state index in [-0.39, 0.29) is 0 Å². The Bertz CT molecular complexity index is 4010. The first-order valence-corrected chi connectivity index (χ1v) is 23.7. The Hall–Kier alpha value is -8.77. The van der Waals surface area contributed by atoms with Gasteiger partial charge in [0.25, 0.3) is 0 Å². The Morgan fingerprint density at radius 2 is 0.809 bits per heavy atom. The lowest BCUT2D eigenvalue weighted by molar-refractivity contribution is 1.07. The average molecular weight is 885 g/mol. The van der Waals surface area contributed by atoms with Gasteiger partial charge in [0.1, 0.15) is 0 Å². The largest absolute Gasteiger partial charge is 0.309 e.